The van der Waals surface area contributed by atoms with Gasteiger partial charge in [-0.1, -0.05) is 24.3 Å². The smallest absolute Gasteiger partial charge is 0.387 e. The van der Waals surface area contributed by atoms with E-state index >= 15 is 0 Å². The summed E-state index contributed by atoms with van der Waals surface area (Å²) in [7, 11) is 0. The van der Waals surface area contributed by atoms with Crippen LogP contribution in [0.2, 0.25) is 0 Å². The van der Waals surface area contributed by atoms with Crippen LogP contribution in [-0.4, -0.2) is 22.4 Å². The summed E-state index contributed by atoms with van der Waals surface area (Å²) in [6.45, 7) is -2.62. The van der Waals surface area contributed by atoms with Gasteiger partial charge in [0.25, 0.3) is 0 Å². The van der Waals surface area contributed by atoms with Crippen molar-refractivity contribution < 1.29 is 18.3 Å². The number of para-hydroxylation sites is 2. The van der Waals surface area contributed by atoms with E-state index in [1.165, 1.54) is 12.1 Å². The largest absolute Gasteiger partial charge is 0.435 e. The number of amides is 2. The highest BCUT2D eigenvalue weighted by atomic mass is 19.3. The van der Waals surface area contributed by atoms with E-state index in [0.717, 1.165) is 11.3 Å². The summed E-state index contributed by atoms with van der Waals surface area (Å²) in [6, 6.07) is 14.7. The number of carbonyl (C=O) groups is 1. The number of hydrogen-bond donors (Lipinski definition) is 2. The number of alkyl halides is 2. The quantitative estimate of drug-likeness (QED) is 0.704. The monoisotopic (exact) mass is 358 g/mol. The number of hydrogen-bond acceptors (Lipinski definition) is 3. The average Bonchev–Trinajstić information content (AvgIpc) is 3.16. The lowest BCUT2D eigenvalue weighted by Gasteiger charge is -2.12. The Morgan fingerprint density at radius 3 is 2.58 bits per heavy atom. The summed E-state index contributed by atoms with van der Waals surface area (Å²) in [6.07, 6.45) is 3.43. The Hall–Kier alpha value is -3.42. The maximum atomic E-state index is 12.1. The molecule has 3 rings (SSSR count). The van der Waals surface area contributed by atoms with Crippen LogP contribution in [0.5, 0.6) is 5.75 Å². The fourth-order valence-corrected chi connectivity index (χ4v) is 2.33. The molecule has 3 aromatic rings. The van der Waals surface area contributed by atoms with Gasteiger partial charge in [-0.25, -0.2) is 9.48 Å². The van der Waals surface area contributed by atoms with Crippen molar-refractivity contribution in [3.63, 3.8) is 0 Å². The third kappa shape index (κ3) is 4.56. The molecule has 2 aromatic carbocycles. The summed E-state index contributed by atoms with van der Waals surface area (Å²) in [5.41, 5.74) is 2.10. The molecule has 0 fully saturated rings. The summed E-state index contributed by atoms with van der Waals surface area (Å²) in [5, 5.41) is 9.64. The maximum Gasteiger partial charge on any atom is 0.387 e. The molecule has 0 radical (unpaired) electrons. The van der Waals surface area contributed by atoms with Crippen molar-refractivity contribution in [2.45, 2.75) is 13.2 Å². The average molecular weight is 358 g/mol. The molecular weight excluding hydrogens is 342 g/mol. The van der Waals surface area contributed by atoms with Crippen molar-refractivity contribution in [1.29, 1.82) is 0 Å². The summed E-state index contributed by atoms with van der Waals surface area (Å²) in [4.78, 5) is 12.1. The second-order valence-electron chi connectivity index (χ2n) is 5.30. The van der Waals surface area contributed by atoms with E-state index in [9.17, 15) is 13.6 Å². The Morgan fingerprint density at radius 2 is 1.88 bits per heavy atom. The van der Waals surface area contributed by atoms with Crippen molar-refractivity contribution in [1.82, 2.24) is 15.1 Å². The number of ether oxygens (including phenoxy) is 1. The van der Waals surface area contributed by atoms with Crippen LogP contribution in [0.3, 0.4) is 0 Å². The van der Waals surface area contributed by atoms with Gasteiger partial charge < -0.3 is 15.4 Å². The van der Waals surface area contributed by atoms with E-state index in [0.29, 0.717) is 5.69 Å². The highest BCUT2D eigenvalue weighted by Gasteiger charge is 2.08. The number of carbonyl (C=O) groups excluding carboxylic acids is 1. The topological polar surface area (TPSA) is 68.2 Å². The third-order valence-electron chi connectivity index (χ3n) is 3.51. The Kier molecular flexibility index (Phi) is 5.43. The summed E-state index contributed by atoms with van der Waals surface area (Å²) >= 11 is 0. The van der Waals surface area contributed by atoms with Gasteiger partial charge in [0.05, 0.1) is 11.4 Å². The van der Waals surface area contributed by atoms with Gasteiger partial charge >= 0.3 is 12.6 Å². The number of nitrogens with one attached hydrogen (secondary N) is 2. The molecule has 26 heavy (non-hydrogen) atoms. The lowest BCUT2D eigenvalue weighted by Crippen LogP contribution is -2.28. The first-order valence-corrected chi connectivity index (χ1v) is 7.79. The van der Waals surface area contributed by atoms with E-state index in [1.54, 1.807) is 41.3 Å². The van der Waals surface area contributed by atoms with Crippen molar-refractivity contribution in [3.8, 4) is 11.4 Å². The highest BCUT2D eigenvalue weighted by Crippen LogP contribution is 2.19. The predicted molar refractivity (Wildman–Crippen MR) is 92.5 cm³/mol. The molecule has 0 bridgehead atoms. The molecule has 0 saturated carbocycles. The van der Waals surface area contributed by atoms with Gasteiger partial charge in [-0.05, 0) is 35.9 Å². The Balaban J connectivity index is 1.58. The molecule has 2 amide bonds. The summed E-state index contributed by atoms with van der Waals surface area (Å²) in [5.74, 6) is 0.0707. The molecule has 134 valence electrons. The first kappa shape index (κ1) is 17.4. The summed E-state index contributed by atoms with van der Waals surface area (Å²) < 4.78 is 30.2. The standard InChI is InChI=1S/C18H16F2N4O2/c19-17(20)26-14-8-6-13(7-9-14)12-21-18(25)23-15-4-1-2-5-16(15)24-11-3-10-22-24/h1-11,17H,12H2,(H2,21,23,25). The Morgan fingerprint density at radius 1 is 1.12 bits per heavy atom. The number of benzene rings is 2. The molecule has 0 unspecified atom stereocenters. The molecule has 8 heteroatoms. The van der Waals surface area contributed by atoms with Crippen LogP contribution in [0.25, 0.3) is 5.69 Å². The second kappa shape index (κ2) is 8.11. The van der Waals surface area contributed by atoms with Crippen molar-refractivity contribution in [2.24, 2.45) is 0 Å². The zero-order chi connectivity index (χ0) is 18.4. The number of rotatable bonds is 6. The van der Waals surface area contributed by atoms with E-state index in [2.05, 4.69) is 20.5 Å². The van der Waals surface area contributed by atoms with Crippen LogP contribution in [0.4, 0.5) is 19.3 Å². The minimum Gasteiger partial charge on any atom is -0.435 e. The molecule has 0 aliphatic carbocycles. The van der Waals surface area contributed by atoms with Crippen LogP contribution in [0.15, 0.2) is 67.0 Å². The Labute approximate surface area is 148 Å². The van der Waals surface area contributed by atoms with Crippen LogP contribution in [0, 0.1) is 0 Å². The number of anilines is 1. The number of urea groups is 1. The molecule has 0 saturated heterocycles. The van der Waals surface area contributed by atoms with Gasteiger partial charge in [-0.3, -0.25) is 0 Å². The lowest BCUT2D eigenvalue weighted by molar-refractivity contribution is -0.0498. The van der Waals surface area contributed by atoms with Crippen LogP contribution >= 0.6 is 0 Å². The van der Waals surface area contributed by atoms with Gasteiger partial charge in [0.1, 0.15) is 5.75 Å². The SMILES string of the molecule is O=C(NCc1ccc(OC(F)F)cc1)Nc1ccccc1-n1cccn1. The first-order chi connectivity index (χ1) is 12.6. The van der Waals surface area contributed by atoms with Gasteiger partial charge in [-0.2, -0.15) is 13.9 Å². The molecule has 6 nitrogen and oxygen atoms in total. The highest BCUT2D eigenvalue weighted by molar-refractivity contribution is 5.91. The minimum absolute atomic E-state index is 0.0707. The second-order valence-corrected chi connectivity index (χ2v) is 5.30. The predicted octanol–water partition coefficient (Wildman–Crippen LogP) is 3.80. The lowest BCUT2D eigenvalue weighted by atomic mass is 10.2. The van der Waals surface area contributed by atoms with Gasteiger partial charge in [0.2, 0.25) is 0 Å². The molecule has 0 aliphatic rings. The molecule has 0 spiro atoms. The van der Waals surface area contributed by atoms with Crippen LogP contribution in [0.1, 0.15) is 5.56 Å². The third-order valence-corrected chi connectivity index (χ3v) is 3.51. The zero-order valence-electron chi connectivity index (χ0n) is 13.6. The fourth-order valence-electron chi connectivity index (χ4n) is 2.33. The van der Waals surface area contributed by atoms with Crippen LogP contribution < -0.4 is 15.4 Å². The molecule has 1 aromatic heterocycles. The fraction of sp³-hybridized carbons (Fsp3) is 0.111. The number of aromatic nitrogens is 2. The molecule has 1 heterocycles. The van der Waals surface area contributed by atoms with Gasteiger partial charge in [0.15, 0.2) is 0 Å². The van der Waals surface area contributed by atoms with Crippen molar-refractivity contribution in [3.05, 3.63) is 72.6 Å². The van der Waals surface area contributed by atoms with Crippen molar-refractivity contribution in [2.75, 3.05) is 5.32 Å². The molecular formula is C18H16F2N4O2. The Bertz CT molecular complexity index is 852. The number of halogens is 2. The normalized spacial score (nSPS) is 10.6. The first-order valence-electron chi connectivity index (χ1n) is 7.79. The molecule has 0 aliphatic heterocycles. The van der Waals surface area contributed by atoms with E-state index < -0.39 is 12.6 Å². The van der Waals surface area contributed by atoms with E-state index in [-0.39, 0.29) is 12.3 Å². The van der Waals surface area contributed by atoms with Gasteiger partial charge in [0, 0.05) is 18.9 Å². The number of nitrogens with zero attached hydrogens (tertiary/aromatic N) is 2. The minimum atomic E-state index is -2.86. The zero-order valence-corrected chi connectivity index (χ0v) is 13.6. The van der Waals surface area contributed by atoms with Crippen molar-refractivity contribution >= 4 is 11.7 Å². The molecule has 2 N–H and O–H groups in total. The maximum absolute atomic E-state index is 12.1. The van der Waals surface area contributed by atoms with Crippen LogP contribution in [-0.2, 0) is 6.54 Å². The van der Waals surface area contributed by atoms with E-state index in [1.807, 2.05) is 18.2 Å². The van der Waals surface area contributed by atoms with Gasteiger partial charge in [-0.15, -0.1) is 0 Å². The molecule has 0 atom stereocenters. The van der Waals surface area contributed by atoms with E-state index in [4.69, 9.17) is 0 Å².